The van der Waals surface area contributed by atoms with Crippen LogP contribution in [0.2, 0.25) is 0 Å². The van der Waals surface area contributed by atoms with Crippen molar-refractivity contribution in [1.82, 2.24) is 4.90 Å². The van der Waals surface area contributed by atoms with Gasteiger partial charge in [-0.1, -0.05) is 13.8 Å². The molecule has 1 aliphatic carbocycles. The Kier molecular flexibility index (Phi) is 4.22. The van der Waals surface area contributed by atoms with Crippen molar-refractivity contribution in [2.45, 2.75) is 53.1 Å². The van der Waals surface area contributed by atoms with Gasteiger partial charge in [-0.05, 0) is 45.4 Å². The van der Waals surface area contributed by atoms with Crippen LogP contribution in [-0.2, 0) is 4.74 Å². The molecule has 0 aromatic carbocycles. The molecule has 94 valence electrons. The van der Waals surface area contributed by atoms with Crippen molar-refractivity contribution in [3.05, 3.63) is 0 Å². The van der Waals surface area contributed by atoms with E-state index < -0.39 is 5.60 Å². The molecule has 3 heteroatoms. The molecule has 0 aromatic rings. The first-order valence-corrected chi connectivity index (χ1v) is 6.26. The summed E-state index contributed by atoms with van der Waals surface area (Å²) in [7, 11) is 0. The largest absolute Gasteiger partial charge is 0.444 e. The lowest BCUT2D eigenvalue weighted by atomic mass is 10.2. The highest BCUT2D eigenvalue weighted by molar-refractivity contribution is 5.68. The Morgan fingerprint density at radius 2 is 1.94 bits per heavy atom. The van der Waals surface area contributed by atoms with Crippen LogP contribution in [0.3, 0.4) is 0 Å². The minimum absolute atomic E-state index is 0.159. The first-order valence-electron chi connectivity index (χ1n) is 6.26. The third-order valence-electron chi connectivity index (χ3n) is 2.41. The number of hydrogen-bond donors (Lipinski definition) is 0. The molecular formula is C13H25NO2. The molecule has 0 radical (unpaired) electrons. The van der Waals surface area contributed by atoms with Gasteiger partial charge in [0.05, 0.1) is 0 Å². The molecule has 1 saturated carbocycles. The van der Waals surface area contributed by atoms with Gasteiger partial charge in [0.25, 0.3) is 0 Å². The van der Waals surface area contributed by atoms with Gasteiger partial charge in [-0.25, -0.2) is 4.79 Å². The minimum atomic E-state index is -0.393. The second-order valence-corrected chi connectivity index (χ2v) is 6.22. The maximum Gasteiger partial charge on any atom is 0.410 e. The van der Waals surface area contributed by atoms with Gasteiger partial charge in [-0.2, -0.15) is 0 Å². The van der Waals surface area contributed by atoms with Crippen LogP contribution < -0.4 is 0 Å². The van der Waals surface area contributed by atoms with E-state index in [-0.39, 0.29) is 6.09 Å². The molecule has 0 N–H and O–H groups in total. The quantitative estimate of drug-likeness (QED) is 0.737. The number of carbonyl (C=O) groups is 1. The van der Waals surface area contributed by atoms with Crippen molar-refractivity contribution < 1.29 is 9.53 Å². The summed E-state index contributed by atoms with van der Waals surface area (Å²) in [5.74, 6) is 1.21. The van der Waals surface area contributed by atoms with E-state index in [4.69, 9.17) is 4.74 Å². The van der Waals surface area contributed by atoms with Crippen LogP contribution in [0.5, 0.6) is 0 Å². The minimum Gasteiger partial charge on any atom is -0.444 e. The summed E-state index contributed by atoms with van der Waals surface area (Å²) < 4.78 is 5.42. The van der Waals surface area contributed by atoms with Crippen molar-refractivity contribution in [3.8, 4) is 0 Å². The van der Waals surface area contributed by atoms with Crippen LogP contribution >= 0.6 is 0 Å². The van der Waals surface area contributed by atoms with Gasteiger partial charge in [-0.3, -0.25) is 0 Å². The number of hydrogen-bond acceptors (Lipinski definition) is 2. The molecule has 0 spiro atoms. The smallest absolute Gasteiger partial charge is 0.410 e. The lowest BCUT2D eigenvalue weighted by molar-refractivity contribution is 0.0219. The van der Waals surface area contributed by atoms with E-state index in [1.165, 1.54) is 12.8 Å². The zero-order valence-electron chi connectivity index (χ0n) is 11.2. The van der Waals surface area contributed by atoms with E-state index >= 15 is 0 Å². The Bertz CT molecular complexity index is 235. The van der Waals surface area contributed by atoms with Crippen molar-refractivity contribution in [3.63, 3.8) is 0 Å². The van der Waals surface area contributed by atoms with E-state index in [9.17, 15) is 4.79 Å². The van der Waals surface area contributed by atoms with E-state index in [1.54, 1.807) is 0 Å². The van der Waals surface area contributed by atoms with Gasteiger partial charge in [-0.15, -0.1) is 0 Å². The fourth-order valence-corrected chi connectivity index (χ4v) is 1.60. The van der Waals surface area contributed by atoms with Crippen molar-refractivity contribution in [2.75, 3.05) is 13.1 Å². The predicted octanol–water partition coefficient (Wildman–Crippen LogP) is 3.29. The molecular weight excluding hydrogens is 202 g/mol. The summed E-state index contributed by atoms with van der Waals surface area (Å²) in [4.78, 5) is 13.8. The van der Waals surface area contributed by atoms with E-state index in [2.05, 4.69) is 13.8 Å². The molecule has 0 saturated heterocycles. The van der Waals surface area contributed by atoms with E-state index in [0.717, 1.165) is 13.1 Å². The summed E-state index contributed by atoms with van der Waals surface area (Å²) >= 11 is 0. The fourth-order valence-electron chi connectivity index (χ4n) is 1.60. The van der Waals surface area contributed by atoms with Crippen LogP contribution in [0.25, 0.3) is 0 Å². The highest BCUT2D eigenvalue weighted by atomic mass is 16.6. The highest BCUT2D eigenvalue weighted by Crippen LogP contribution is 2.30. The average Bonchev–Trinajstić information content (AvgIpc) is 2.82. The number of rotatable bonds is 4. The van der Waals surface area contributed by atoms with Gasteiger partial charge >= 0.3 is 6.09 Å². The van der Waals surface area contributed by atoms with Crippen LogP contribution in [0.15, 0.2) is 0 Å². The molecule has 0 bridgehead atoms. The van der Waals surface area contributed by atoms with Crippen LogP contribution in [0.4, 0.5) is 4.79 Å². The molecule has 1 amide bonds. The standard InChI is InChI=1S/C13H25NO2/c1-10(2)8-14(9-11-6-7-11)12(15)16-13(3,4)5/h10-11H,6-9H2,1-5H3. The Hall–Kier alpha value is -0.730. The Balaban J connectivity index is 2.48. The highest BCUT2D eigenvalue weighted by Gasteiger charge is 2.29. The molecule has 0 aliphatic heterocycles. The normalized spacial score (nSPS) is 16.4. The first-order chi connectivity index (χ1) is 7.28. The lowest BCUT2D eigenvalue weighted by Crippen LogP contribution is -2.40. The van der Waals surface area contributed by atoms with Crippen molar-refractivity contribution in [2.24, 2.45) is 11.8 Å². The molecule has 0 unspecified atom stereocenters. The summed E-state index contributed by atoms with van der Waals surface area (Å²) in [6.45, 7) is 11.7. The van der Waals surface area contributed by atoms with Gasteiger partial charge < -0.3 is 9.64 Å². The maximum absolute atomic E-state index is 12.0. The summed E-state index contributed by atoms with van der Waals surface area (Å²) in [5.41, 5.74) is -0.393. The van der Waals surface area contributed by atoms with Crippen molar-refractivity contribution >= 4 is 6.09 Å². The molecule has 0 heterocycles. The molecule has 16 heavy (non-hydrogen) atoms. The third-order valence-corrected chi connectivity index (χ3v) is 2.41. The van der Waals surface area contributed by atoms with E-state index in [1.807, 2.05) is 25.7 Å². The summed E-state index contributed by atoms with van der Waals surface area (Å²) in [6.07, 6.45) is 2.36. The number of nitrogens with zero attached hydrogens (tertiary/aromatic N) is 1. The summed E-state index contributed by atoms with van der Waals surface area (Å²) in [6, 6.07) is 0. The molecule has 1 aliphatic rings. The third kappa shape index (κ3) is 5.38. The second-order valence-electron chi connectivity index (χ2n) is 6.22. The topological polar surface area (TPSA) is 29.5 Å². The lowest BCUT2D eigenvalue weighted by Gasteiger charge is -2.28. The molecule has 1 fully saturated rings. The summed E-state index contributed by atoms with van der Waals surface area (Å²) in [5, 5.41) is 0. The van der Waals surface area contributed by atoms with Gasteiger partial charge in [0.15, 0.2) is 0 Å². The SMILES string of the molecule is CC(C)CN(CC1CC1)C(=O)OC(C)(C)C. The number of ether oxygens (including phenoxy) is 1. The van der Waals surface area contributed by atoms with Crippen LogP contribution in [0.1, 0.15) is 47.5 Å². The zero-order valence-corrected chi connectivity index (χ0v) is 11.2. The second kappa shape index (κ2) is 5.07. The molecule has 0 atom stereocenters. The monoisotopic (exact) mass is 227 g/mol. The van der Waals surface area contributed by atoms with Crippen LogP contribution in [-0.4, -0.2) is 29.7 Å². The van der Waals surface area contributed by atoms with E-state index in [0.29, 0.717) is 11.8 Å². The fraction of sp³-hybridized carbons (Fsp3) is 0.923. The molecule has 1 rings (SSSR count). The Labute approximate surface area is 99.1 Å². The van der Waals surface area contributed by atoms with Gasteiger partial charge in [0.2, 0.25) is 0 Å². The first kappa shape index (κ1) is 13.3. The molecule has 3 nitrogen and oxygen atoms in total. The maximum atomic E-state index is 12.0. The Morgan fingerprint density at radius 3 is 2.31 bits per heavy atom. The zero-order chi connectivity index (χ0) is 12.3. The van der Waals surface area contributed by atoms with Crippen LogP contribution in [0, 0.1) is 11.8 Å². The molecule has 0 aromatic heterocycles. The van der Waals surface area contributed by atoms with Gasteiger partial charge in [0.1, 0.15) is 5.60 Å². The number of carbonyl (C=O) groups excluding carboxylic acids is 1. The van der Waals surface area contributed by atoms with Crippen molar-refractivity contribution in [1.29, 1.82) is 0 Å². The average molecular weight is 227 g/mol. The van der Waals surface area contributed by atoms with Gasteiger partial charge in [0, 0.05) is 13.1 Å². The number of amides is 1. The predicted molar refractivity (Wildman–Crippen MR) is 65.4 cm³/mol. The Morgan fingerprint density at radius 1 is 1.38 bits per heavy atom.